The zero-order chi connectivity index (χ0) is 11.6. The van der Waals surface area contributed by atoms with Crippen LogP contribution < -0.4 is 0 Å². The van der Waals surface area contributed by atoms with Crippen LogP contribution in [0, 0.1) is 5.92 Å². The molecule has 0 atom stereocenters. The molecule has 3 saturated heterocycles. The second-order valence-corrected chi connectivity index (χ2v) is 5.49. The fraction of sp³-hybridized carbons (Fsp3) is 1.00. The van der Waals surface area contributed by atoms with Crippen molar-refractivity contribution in [3.05, 3.63) is 0 Å². The van der Waals surface area contributed by atoms with Crippen molar-refractivity contribution in [1.29, 1.82) is 0 Å². The number of fused-ring (bicyclic) bond motifs is 3. The third-order valence-electron chi connectivity index (χ3n) is 4.02. The summed E-state index contributed by atoms with van der Waals surface area (Å²) in [5.41, 5.74) is 0. The number of piperidine rings is 3. The zero-order valence-electron chi connectivity index (χ0n) is 11.5. The summed E-state index contributed by atoms with van der Waals surface area (Å²) < 4.78 is 0. The first-order valence-electron chi connectivity index (χ1n) is 7.59. The summed E-state index contributed by atoms with van der Waals surface area (Å²) in [5.74, 6) is 1.11. The van der Waals surface area contributed by atoms with E-state index in [0.717, 1.165) is 5.92 Å². The van der Waals surface area contributed by atoms with E-state index in [-0.39, 0.29) is 0 Å². The summed E-state index contributed by atoms with van der Waals surface area (Å²) >= 11 is 0. The van der Waals surface area contributed by atoms with Crippen LogP contribution >= 0.6 is 0 Å². The lowest BCUT2D eigenvalue weighted by molar-refractivity contribution is 0.111. The number of hydrogen-bond acceptors (Lipinski definition) is 1. The molecule has 0 saturated carbocycles. The predicted molar refractivity (Wildman–Crippen MR) is 72.8 cm³/mol. The Hall–Kier alpha value is -0.0400. The van der Waals surface area contributed by atoms with E-state index in [0.29, 0.717) is 0 Å². The Morgan fingerprint density at radius 2 is 1.19 bits per heavy atom. The molecule has 0 aliphatic carbocycles. The number of nitrogens with zero attached hydrogens (tertiary/aromatic N) is 1. The first-order chi connectivity index (χ1) is 7.86. The molecule has 2 bridgehead atoms. The van der Waals surface area contributed by atoms with E-state index >= 15 is 0 Å². The van der Waals surface area contributed by atoms with E-state index in [1.165, 1.54) is 77.4 Å². The van der Waals surface area contributed by atoms with Gasteiger partial charge in [0.05, 0.1) is 0 Å². The van der Waals surface area contributed by atoms with E-state index in [1.54, 1.807) is 0 Å². The lowest BCUT2D eigenvalue weighted by Crippen LogP contribution is -2.41. The van der Waals surface area contributed by atoms with Gasteiger partial charge in [-0.25, -0.2) is 0 Å². The van der Waals surface area contributed by atoms with Gasteiger partial charge in [0, 0.05) is 0 Å². The molecule has 0 radical (unpaired) electrons. The molecule has 0 aromatic carbocycles. The Morgan fingerprint density at radius 3 is 1.38 bits per heavy atom. The first-order valence-corrected chi connectivity index (χ1v) is 7.59. The van der Waals surface area contributed by atoms with E-state index in [4.69, 9.17) is 0 Å². The number of hydrogen-bond donors (Lipinski definition) is 0. The van der Waals surface area contributed by atoms with Gasteiger partial charge in [-0.15, -0.1) is 0 Å². The molecule has 1 heteroatoms. The van der Waals surface area contributed by atoms with Crippen molar-refractivity contribution in [3.63, 3.8) is 0 Å². The third-order valence-corrected chi connectivity index (χ3v) is 4.02. The van der Waals surface area contributed by atoms with Crippen molar-refractivity contribution in [1.82, 2.24) is 4.90 Å². The van der Waals surface area contributed by atoms with Crippen LogP contribution in [0.25, 0.3) is 0 Å². The maximum absolute atomic E-state index is 2.58. The van der Waals surface area contributed by atoms with Gasteiger partial charge in [0.1, 0.15) is 0 Å². The second kappa shape index (κ2) is 9.04. The standard InChI is InChI=1S/C8H18.C7H13N/c1-3-5-7-8-6-4-2;1-4-8-5-2-7(1)3-6-8/h3-8H2,1-2H3;7H,1-6H2. The number of unbranched alkanes of at least 4 members (excludes halogenated alkanes) is 5. The maximum atomic E-state index is 2.58. The van der Waals surface area contributed by atoms with Crippen molar-refractivity contribution < 1.29 is 0 Å². The molecule has 1 nitrogen and oxygen atoms in total. The smallest absolute Gasteiger partial charge is 0.00161 e. The van der Waals surface area contributed by atoms with E-state index in [1.807, 2.05) is 0 Å². The molecule has 0 aromatic heterocycles. The Labute approximate surface area is 103 Å². The van der Waals surface area contributed by atoms with E-state index in [9.17, 15) is 0 Å². The molecule has 3 fully saturated rings. The van der Waals surface area contributed by atoms with Crippen molar-refractivity contribution in [3.8, 4) is 0 Å². The van der Waals surface area contributed by atoms with Gasteiger partial charge in [-0.2, -0.15) is 0 Å². The Balaban J connectivity index is 0.000000160. The minimum atomic E-state index is 1.11. The molecule has 16 heavy (non-hydrogen) atoms. The van der Waals surface area contributed by atoms with Crippen LogP contribution in [-0.4, -0.2) is 24.5 Å². The summed E-state index contributed by atoms with van der Waals surface area (Å²) in [6.45, 7) is 8.69. The summed E-state index contributed by atoms with van der Waals surface area (Å²) in [7, 11) is 0. The fourth-order valence-electron chi connectivity index (χ4n) is 2.72. The molecule has 3 rings (SSSR count). The summed E-state index contributed by atoms with van der Waals surface area (Å²) in [4.78, 5) is 2.58. The molecule has 0 aromatic rings. The summed E-state index contributed by atoms with van der Waals surface area (Å²) in [5, 5.41) is 0. The predicted octanol–water partition coefficient (Wildman–Crippen LogP) is 4.47. The third kappa shape index (κ3) is 5.89. The highest BCUT2D eigenvalue weighted by atomic mass is 15.1. The van der Waals surface area contributed by atoms with Gasteiger partial charge in [-0.1, -0.05) is 52.4 Å². The largest absolute Gasteiger partial charge is 0.303 e. The summed E-state index contributed by atoms with van der Waals surface area (Å²) in [6.07, 6.45) is 12.9. The van der Waals surface area contributed by atoms with Crippen LogP contribution in [0.2, 0.25) is 0 Å². The van der Waals surface area contributed by atoms with Gasteiger partial charge in [0.15, 0.2) is 0 Å². The van der Waals surface area contributed by atoms with Crippen LogP contribution in [0.3, 0.4) is 0 Å². The van der Waals surface area contributed by atoms with Gasteiger partial charge < -0.3 is 4.90 Å². The number of rotatable bonds is 5. The highest BCUT2D eigenvalue weighted by Crippen LogP contribution is 2.26. The zero-order valence-corrected chi connectivity index (χ0v) is 11.5. The SMILES string of the molecule is C1CN2CCC1CC2.CCCCCCCC. The highest BCUT2D eigenvalue weighted by Gasteiger charge is 2.24. The molecule has 3 aliphatic rings. The van der Waals surface area contributed by atoms with Gasteiger partial charge in [0.25, 0.3) is 0 Å². The van der Waals surface area contributed by atoms with Crippen LogP contribution in [0.1, 0.15) is 71.6 Å². The van der Waals surface area contributed by atoms with Crippen molar-refractivity contribution in [2.45, 2.75) is 71.6 Å². The topological polar surface area (TPSA) is 3.24 Å². The quantitative estimate of drug-likeness (QED) is 0.624. The Kier molecular flexibility index (Phi) is 7.92. The van der Waals surface area contributed by atoms with Gasteiger partial charge in [-0.05, 0) is 44.8 Å². The average Bonchev–Trinajstić information content (AvgIpc) is 2.38. The molecule has 0 spiro atoms. The van der Waals surface area contributed by atoms with Crippen LogP contribution in [0.15, 0.2) is 0 Å². The molecule has 96 valence electrons. The normalized spacial score (nSPS) is 27.4. The van der Waals surface area contributed by atoms with Gasteiger partial charge in [0.2, 0.25) is 0 Å². The molecule has 0 amide bonds. The highest BCUT2D eigenvalue weighted by molar-refractivity contribution is 4.78. The Morgan fingerprint density at radius 1 is 0.750 bits per heavy atom. The molecule has 3 aliphatic heterocycles. The van der Waals surface area contributed by atoms with Crippen LogP contribution in [0.4, 0.5) is 0 Å². The van der Waals surface area contributed by atoms with Crippen LogP contribution in [0.5, 0.6) is 0 Å². The minimum absolute atomic E-state index is 1.11. The average molecular weight is 225 g/mol. The van der Waals surface area contributed by atoms with Gasteiger partial charge in [-0.3, -0.25) is 0 Å². The van der Waals surface area contributed by atoms with Crippen LogP contribution in [-0.2, 0) is 0 Å². The molecule has 0 N–H and O–H groups in total. The van der Waals surface area contributed by atoms with Crippen molar-refractivity contribution in [2.75, 3.05) is 19.6 Å². The lowest BCUT2D eigenvalue weighted by Gasteiger charge is -2.38. The van der Waals surface area contributed by atoms with E-state index in [2.05, 4.69) is 18.7 Å². The minimum Gasteiger partial charge on any atom is -0.303 e. The van der Waals surface area contributed by atoms with Gasteiger partial charge >= 0.3 is 0 Å². The van der Waals surface area contributed by atoms with E-state index < -0.39 is 0 Å². The molecular weight excluding hydrogens is 194 g/mol. The monoisotopic (exact) mass is 225 g/mol. The molecule has 0 unspecified atom stereocenters. The lowest BCUT2D eigenvalue weighted by atomic mass is 9.89. The maximum Gasteiger partial charge on any atom is -0.00161 e. The first kappa shape index (κ1) is 14.0. The fourth-order valence-corrected chi connectivity index (χ4v) is 2.72. The van der Waals surface area contributed by atoms with Crippen molar-refractivity contribution in [2.24, 2.45) is 5.92 Å². The Bertz CT molecular complexity index is 118. The second-order valence-electron chi connectivity index (χ2n) is 5.49. The molecule has 3 heterocycles. The summed E-state index contributed by atoms with van der Waals surface area (Å²) in [6, 6.07) is 0. The molecular formula is C15H31N. The van der Waals surface area contributed by atoms with Crippen molar-refractivity contribution >= 4 is 0 Å².